The molecule has 11 heteroatoms. The van der Waals surface area contributed by atoms with Gasteiger partial charge in [-0.25, -0.2) is 18.2 Å². The van der Waals surface area contributed by atoms with Crippen molar-refractivity contribution < 1.29 is 31.8 Å². The fourth-order valence-electron chi connectivity index (χ4n) is 3.87. The van der Waals surface area contributed by atoms with Gasteiger partial charge in [0.2, 0.25) is 16.3 Å². The van der Waals surface area contributed by atoms with Crippen molar-refractivity contribution in [1.29, 1.82) is 0 Å². The average Bonchev–Trinajstić information content (AvgIpc) is 3.07. The molecule has 1 aromatic heterocycles. The molecule has 3 saturated heterocycles. The molecule has 10 nitrogen and oxygen atoms in total. The van der Waals surface area contributed by atoms with E-state index in [1.54, 1.807) is 4.90 Å². The maximum atomic E-state index is 12.3. The van der Waals surface area contributed by atoms with Crippen molar-refractivity contribution in [3.63, 3.8) is 0 Å². The van der Waals surface area contributed by atoms with Gasteiger partial charge in [0.1, 0.15) is 6.04 Å². The van der Waals surface area contributed by atoms with Crippen LogP contribution in [0.2, 0.25) is 0 Å². The molecule has 0 spiro atoms. The van der Waals surface area contributed by atoms with Crippen LogP contribution in [0.4, 0.5) is 4.79 Å². The van der Waals surface area contributed by atoms with Crippen LogP contribution in [0.3, 0.4) is 0 Å². The SMILES string of the molecule is CCCN1C[C@@H]2C[C@@H]3CN(C(=O)N3OS(=O)(=O)[O-])[C@@H]2C1=O.c1cc[nH+]cc1. The third kappa shape index (κ3) is 4.20. The zero-order chi connectivity index (χ0) is 19.6. The van der Waals surface area contributed by atoms with Gasteiger partial charge in [-0.15, -0.1) is 0 Å². The Labute approximate surface area is 157 Å². The van der Waals surface area contributed by atoms with Crippen LogP contribution in [-0.2, 0) is 19.5 Å². The number of amides is 3. The zero-order valence-corrected chi connectivity index (χ0v) is 15.7. The van der Waals surface area contributed by atoms with Crippen molar-refractivity contribution in [2.75, 3.05) is 19.6 Å². The molecule has 0 aliphatic carbocycles. The van der Waals surface area contributed by atoms with Crippen LogP contribution in [0.25, 0.3) is 0 Å². The van der Waals surface area contributed by atoms with Crippen molar-refractivity contribution in [1.82, 2.24) is 14.9 Å². The Morgan fingerprint density at radius 2 is 1.93 bits per heavy atom. The van der Waals surface area contributed by atoms with E-state index in [1.807, 2.05) is 37.5 Å². The molecular weight excluding hydrogens is 376 g/mol. The van der Waals surface area contributed by atoms with Gasteiger partial charge in [0, 0.05) is 37.7 Å². The van der Waals surface area contributed by atoms with E-state index in [2.05, 4.69) is 9.27 Å². The van der Waals surface area contributed by atoms with E-state index in [1.165, 1.54) is 4.90 Å². The number of likely N-dealkylation sites (tertiary alicyclic amines) is 1. The smallest absolute Gasteiger partial charge is 0.346 e. The quantitative estimate of drug-likeness (QED) is 0.503. The molecule has 2 bridgehead atoms. The third-order valence-electron chi connectivity index (χ3n) is 4.82. The Hall–Kier alpha value is -2.24. The second-order valence-electron chi connectivity index (χ2n) is 6.70. The molecule has 27 heavy (non-hydrogen) atoms. The number of hydroxylamine groups is 2. The van der Waals surface area contributed by atoms with Gasteiger partial charge in [0.15, 0.2) is 12.4 Å². The molecule has 0 saturated carbocycles. The number of aromatic nitrogens is 1. The van der Waals surface area contributed by atoms with Crippen LogP contribution < -0.4 is 4.98 Å². The molecule has 3 atom stereocenters. The third-order valence-corrected chi connectivity index (χ3v) is 5.17. The van der Waals surface area contributed by atoms with Crippen LogP contribution in [0.15, 0.2) is 30.6 Å². The number of nitrogens with one attached hydrogen (secondary N) is 1. The number of aromatic amines is 1. The summed E-state index contributed by atoms with van der Waals surface area (Å²) < 4.78 is 36.3. The summed E-state index contributed by atoms with van der Waals surface area (Å²) in [6.45, 7) is 3.38. The number of piperidine rings is 1. The van der Waals surface area contributed by atoms with Crippen LogP contribution in [0, 0.1) is 5.92 Å². The van der Waals surface area contributed by atoms with Crippen LogP contribution >= 0.6 is 0 Å². The predicted molar refractivity (Wildman–Crippen MR) is 90.3 cm³/mol. The first-order valence-corrected chi connectivity index (χ1v) is 10.1. The number of rotatable bonds is 4. The Kier molecular flexibility index (Phi) is 5.63. The summed E-state index contributed by atoms with van der Waals surface area (Å²) in [5.74, 6) is -0.157. The van der Waals surface area contributed by atoms with Gasteiger partial charge in [-0.1, -0.05) is 13.0 Å². The Bertz CT molecular complexity index is 763. The van der Waals surface area contributed by atoms with Crippen molar-refractivity contribution in [2.45, 2.75) is 31.8 Å². The maximum absolute atomic E-state index is 12.3. The number of urea groups is 1. The molecule has 0 unspecified atom stereocenters. The number of hydrogen-bond donors (Lipinski definition) is 0. The lowest BCUT2D eigenvalue weighted by Gasteiger charge is -2.30. The number of hydrogen-bond acceptors (Lipinski definition) is 6. The molecule has 148 valence electrons. The molecule has 0 aromatic carbocycles. The van der Waals surface area contributed by atoms with Crippen LogP contribution in [0.1, 0.15) is 19.8 Å². The molecule has 4 rings (SSSR count). The predicted octanol–water partition coefficient (Wildman–Crippen LogP) is -0.374. The van der Waals surface area contributed by atoms with E-state index in [9.17, 15) is 22.6 Å². The highest BCUT2D eigenvalue weighted by atomic mass is 32.3. The normalized spacial score (nSPS) is 26.7. The van der Waals surface area contributed by atoms with Gasteiger partial charge in [-0.2, -0.15) is 9.35 Å². The summed E-state index contributed by atoms with van der Waals surface area (Å²) in [5, 5.41) is 0.609. The highest BCUT2D eigenvalue weighted by Crippen LogP contribution is 2.38. The molecule has 1 aromatic rings. The van der Waals surface area contributed by atoms with Gasteiger partial charge in [0.05, 0.1) is 6.04 Å². The number of carbonyl (C=O) groups excluding carboxylic acids is 2. The fourth-order valence-corrected chi connectivity index (χ4v) is 4.25. The monoisotopic (exact) mass is 398 g/mol. The number of carbonyl (C=O) groups is 2. The molecule has 3 aliphatic heterocycles. The van der Waals surface area contributed by atoms with Gasteiger partial charge in [-0.3, -0.25) is 4.79 Å². The molecule has 1 N–H and O–H groups in total. The highest BCUT2D eigenvalue weighted by molar-refractivity contribution is 7.80. The molecule has 0 radical (unpaired) electrons. The van der Waals surface area contributed by atoms with Crippen molar-refractivity contribution >= 4 is 22.3 Å². The van der Waals surface area contributed by atoms with E-state index in [4.69, 9.17) is 0 Å². The summed E-state index contributed by atoms with van der Waals surface area (Å²) in [4.78, 5) is 30.5. The summed E-state index contributed by atoms with van der Waals surface area (Å²) >= 11 is 0. The van der Waals surface area contributed by atoms with Crippen molar-refractivity contribution in [3.8, 4) is 0 Å². The highest BCUT2D eigenvalue weighted by Gasteiger charge is 2.56. The van der Waals surface area contributed by atoms with E-state index in [0.717, 1.165) is 6.42 Å². The lowest BCUT2D eigenvalue weighted by Crippen LogP contribution is -2.48. The van der Waals surface area contributed by atoms with Gasteiger partial charge in [0.25, 0.3) is 0 Å². The first-order chi connectivity index (χ1) is 12.8. The van der Waals surface area contributed by atoms with E-state index in [0.29, 0.717) is 24.6 Å². The average molecular weight is 398 g/mol. The molecule has 4 heterocycles. The molecular formula is C16H22N4O6S. The first kappa shape index (κ1) is 19.5. The minimum absolute atomic E-state index is 0.0466. The number of H-pyrrole nitrogens is 1. The first-order valence-electron chi connectivity index (χ1n) is 8.77. The number of nitrogens with zero attached hydrogens (tertiary/aromatic N) is 3. The molecule has 3 fully saturated rings. The summed E-state index contributed by atoms with van der Waals surface area (Å²) in [7, 11) is -5.00. The van der Waals surface area contributed by atoms with Gasteiger partial charge in [-0.05, 0) is 12.8 Å². The van der Waals surface area contributed by atoms with Crippen LogP contribution in [0.5, 0.6) is 0 Å². The second kappa shape index (κ2) is 7.79. The van der Waals surface area contributed by atoms with E-state index >= 15 is 0 Å². The maximum Gasteiger partial charge on any atom is 0.346 e. The minimum atomic E-state index is -5.00. The lowest BCUT2D eigenvalue weighted by atomic mass is 9.91. The van der Waals surface area contributed by atoms with E-state index in [-0.39, 0.29) is 18.4 Å². The Morgan fingerprint density at radius 3 is 2.44 bits per heavy atom. The molecule has 3 aliphatic rings. The van der Waals surface area contributed by atoms with Gasteiger partial charge >= 0.3 is 6.03 Å². The lowest BCUT2D eigenvalue weighted by molar-refractivity contribution is -0.377. The largest absolute Gasteiger partial charge is 0.724 e. The number of pyridine rings is 1. The van der Waals surface area contributed by atoms with Gasteiger partial charge < -0.3 is 14.4 Å². The Balaban J connectivity index is 0.000000299. The van der Waals surface area contributed by atoms with Crippen molar-refractivity contribution in [3.05, 3.63) is 30.6 Å². The second-order valence-corrected chi connectivity index (χ2v) is 7.67. The summed E-state index contributed by atoms with van der Waals surface area (Å²) in [6.07, 6.45) is 5.04. The topological polar surface area (TPSA) is 124 Å². The van der Waals surface area contributed by atoms with E-state index < -0.39 is 28.5 Å². The summed E-state index contributed by atoms with van der Waals surface area (Å²) in [5.41, 5.74) is 0. The van der Waals surface area contributed by atoms with Crippen molar-refractivity contribution in [2.24, 2.45) is 5.92 Å². The summed E-state index contributed by atoms with van der Waals surface area (Å²) in [6, 6.07) is 4.06. The standard InChI is InChI=1S/C11H17N3O6S.C5H5N/c1-2-3-12-5-7-4-8-6-13(9(7)10(12)15)11(16)14(8)20-21(17,18)19;1-2-4-6-5-3-1/h7-9H,2-6H2,1H3,(H,17,18,19);1-5H/t7-,8+,9-;/m0./s1. The minimum Gasteiger partial charge on any atom is -0.724 e. The number of fused-ring (bicyclic) bond motifs is 4. The van der Waals surface area contributed by atoms with Crippen LogP contribution in [-0.4, -0.2) is 71.5 Å². The zero-order valence-electron chi connectivity index (χ0n) is 14.9. The Morgan fingerprint density at radius 1 is 1.22 bits per heavy atom. The fraction of sp³-hybridized carbons (Fsp3) is 0.562. The molecule has 3 amide bonds.